The summed E-state index contributed by atoms with van der Waals surface area (Å²) in [5.74, 6) is -0.125. The Bertz CT molecular complexity index is 340. The van der Waals surface area contributed by atoms with Crippen LogP contribution in [0.1, 0.15) is 77.6 Å². The standard InChI is InChI=1S/C19H34O4/c1-3-4-5-7-11-14-17-19(23-17)16(20)13-10-8-6-9-12-15-18(21)22-2/h11,14,16-17,19-20H,3-10,12-13,15H2,1-2H3/b14-11-/t16-,17+,19-/m0/s1. The van der Waals surface area contributed by atoms with E-state index < -0.39 is 0 Å². The minimum absolute atomic E-state index is 0.0109. The smallest absolute Gasteiger partial charge is 0.305 e. The van der Waals surface area contributed by atoms with Gasteiger partial charge in [0.15, 0.2) is 0 Å². The van der Waals surface area contributed by atoms with Crippen LogP contribution in [-0.4, -0.2) is 36.5 Å². The summed E-state index contributed by atoms with van der Waals surface area (Å²) in [6.07, 6.45) is 15.5. The Kier molecular flexibility index (Phi) is 11.0. The van der Waals surface area contributed by atoms with Gasteiger partial charge in [0.1, 0.15) is 12.2 Å². The van der Waals surface area contributed by atoms with E-state index in [9.17, 15) is 9.90 Å². The largest absolute Gasteiger partial charge is 0.469 e. The van der Waals surface area contributed by atoms with Crippen molar-refractivity contribution in [2.45, 2.75) is 95.9 Å². The number of methoxy groups -OCH3 is 1. The van der Waals surface area contributed by atoms with E-state index in [0.717, 1.165) is 44.9 Å². The molecule has 1 rings (SSSR count). The molecule has 4 nitrogen and oxygen atoms in total. The van der Waals surface area contributed by atoms with E-state index >= 15 is 0 Å². The topological polar surface area (TPSA) is 59.1 Å². The fourth-order valence-corrected chi connectivity index (χ4v) is 2.76. The third-order valence-electron chi connectivity index (χ3n) is 4.35. The maximum Gasteiger partial charge on any atom is 0.305 e. The molecule has 0 aromatic heterocycles. The summed E-state index contributed by atoms with van der Waals surface area (Å²) in [6, 6.07) is 0. The second-order valence-electron chi connectivity index (χ2n) is 6.44. The molecule has 0 aliphatic carbocycles. The van der Waals surface area contributed by atoms with Crippen molar-refractivity contribution in [1.29, 1.82) is 0 Å². The number of hydrogen-bond donors (Lipinski definition) is 1. The molecule has 0 saturated carbocycles. The molecule has 0 radical (unpaired) electrons. The van der Waals surface area contributed by atoms with Crippen molar-refractivity contribution in [3.05, 3.63) is 12.2 Å². The molecule has 4 heteroatoms. The number of unbranched alkanes of at least 4 members (excludes halogenated alkanes) is 7. The number of esters is 1. The lowest BCUT2D eigenvalue weighted by atomic mass is 10.0. The Hall–Kier alpha value is -0.870. The number of hydrogen-bond acceptors (Lipinski definition) is 4. The fourth-order valence-electron chi connectivity index (χ4n) is 2.76. The monoisotopic (exact) mass is 326 g/mol. The maximum atomic E-state index is 11.0. The molecule has 1 aliphatic heterocycles. The third-order valence-corrected chi connectivity index (χ3v) is 4.35. The van der Waals surface area contributed by atoms with Crippen molar-refractivity contribution < 1.29 is 19.4 Å². The van der Waals surface area contributed by atoms with Crippen LogP contribution in [0.15, 0.2) is 12.2 Å². The van der Waals surface area contributed by atoms with Gasteiger partial charge in [-0.15, -0.1) is 0 Å². The Labute approximate surface area is 141 Å². The van der Waals surface area contributed by atoms with Crippen molar-refractivity contribution >= 4 is 5.97 Å². The summed E-state index contributed by atoms with van der Waals surface area (Å²) in [5, 5.41) is 10.1. The summed E-state index contributed by atoms with van der Waals surface area (Å²) in [7, 11) is 1.43. The van der Waals surface area contributed by atoms with E-state index in [1.165, 1.54) is 26.4 Å². The maximum absolute atomic E-state index is 11.0. The first kappa shape index (κ1) is 20.2. The van der Waals surface area contributed by atoms with Crippen LogP contribution in [0.5, 0.6) is 0 Å². The van der Waals surface area contributed by atoms with Gasteiger partial charge in [0, 0.05) is 6.42 Å². The van der Waals surface area contributed by atoms with Crippen LogP contribution >= 0.6 is 0 Å². The van der Waals surface area contributed by atoms with Gasteiger partial charge in [-0.05, 0) is 25.7 Å². The van der Waals surface area contributed by atoms with E-state index in [1.54, 1.807) is 0 Å². The van der Waals surface area contributed by atoms with Crippen molar-refractivity contribution in [2.24, 2.45) is 0 Å². The first-order valence-corrected chi connectivity index (χ1v) is 9.26. The van der Waals surface area contributed by atoms with Gasteiger partial charge in [0.05, 0.1) is 13.2 Å². The summed E-state index contributed by atoms with van der Waals surface area (Å²) >= 11 is 0. The summed E-state index contributed by atoms with van der Waals surface area (Å²) in [4.78, 5) is 11.0. The number of rotatable bonds is 14. The molecule has 0 aromatic rings. The number of aliphatic hydroxyl groups is 1. The van der Waals surface area contributed by atoms with Crippen LogP contribution in [-0.2, 0) is 14.3 Å². The van der Waals surface area contributed by atoms with Gasteiger partial charge in [-0.2, -0.15) is 0 Å². The molecule has 23 heavy (non-hydrogen) atoms. The number of carbonyl (C=O) groups excluding carboxylic acids is 1. The van der Waals surface area contributed by atoms with Crippen molar-refractivity contribution in [1.82, 2.24) is 0 Å². The summed E-state index contributed by atoms with van der Waals surface area (Å²) < 4.78 is 10.1. The highest BCUT2D eigenvalue weighted by atomic mass is 16.6. The Morgan fingerprint density at radius 2 is 1.91 bits per heavy atom. The highest BCUT2D eigenvalue weighted by molar-refractivity contribution is 5.68. The van der Waals surface area contributed by atoms with Gasteiger partial charge in [-0.3, -0.25) is 4.79 Å². The van der Waals surface area contributed by atoms with E-state index in [1.807, 2.05) is 0 Å². The molecule has 1 N–H and O–H groups in total. The third kappa shape index (κ3) is 9.77. The highest BCUT2D eigenvalue weighted by Crippen LogP contribution is 2.29. The van der Waals surface area contributed by atoms with E-state index in [4.69, 9.17) is 4.74 Å². The molecular formula is C19H34O4. The molecule has 0 bridgehead atoms. The number of epoxide rings is 1. The van der Waals surface area contributed by atoms with Gasteiger partial charge < -0.3 is 14.6 Å². The van der Waals surface area contributed by atoms with Gasteiger partial charge in [-0.1, -0.05) is 57.6 Å². The fraction of sp³-hybridized carbons (Fsp3) is 0.842. The van der Waals surface area contributed by atoms with Crippen molar-refractivity contribution in [2.75, 3.05) is 7.11 Å². The predicted molar refractivity (Wildman–Crippen MR) is 92.3 cm³/mol. The second-order valence-corrected chi connectivity index (χ2v) is 6.44. The zero-order chi connectivity index (χ0) is 16.9. The minimum atomic E-state index is -0.338. The minimum Gasteiger partial charge on any atom is -0.469 e. The molecule has 1 saturated heterocycles. The van der Waals surface area contributed by atoms with Crippen LogP contribution in [0.2, 0.25) is 0 Å². The summed E-state index contributed by atoms with van der Waals surface area (Å²) in [6.45, 7) is 2.21. The predicted octanol–water partition coefficient (Wildman–Crippen LogP) is 4.15. The van der Waals surface area contributed by atoms with Gasteiger partial charge in [0.2, 0.25) is 0 Å². The molecule has 0 spiro atoms. The SMILES string of the molecule is CCCCC/C=C\[C@H]1O[C@H]1[C@@H](O)CCCCCCCC(=O)OC. The van der Waals surface area contributed by atoms with Crippen LogP contribution < -0.4 is 0 Å². The van der Waals surface area contributed by atoms with Crippen molar-refractivity contribution in [3.8, 4) is 0 Å². The molecule has 0 amide bonds. The molecule has 1 heterocycles. The number of ether oxygens (including phenoxy) is 2. The van der Waals surface area contributed by atoms with E-state index in [0.29, 0.717) is 6.42 Å². The first-order chi connectivity index (χ1) is 11.2. The lowest BCUT2D eigenvalue weighted by Crippen LogP contribution is -2.16. The summed E-state index contributed by atoms with van der Waals surface area (Å²) in [5.41, 5.74) is 0. The molecule has 1 aliphatic rings. The van der Waals surface area contributed by atoms with Gasteiger partial charge >= 0.3 is 5.97 Å². The molecule has 134 valence electrons. The quantitative estimate of drug-likeness (QED) is 0.225. The molecular weight excluding hydrogens is 292 g/mol. The molecule has 0 aromatic carbocycles. The van der Waals surface area contributed by atoms with E-state index in [2.05, 4.69) is 23.8 Å². The van der Waals surface area contributed by atoms with Gasteiger partial charge in [0.25, 0.3) is 0 Å². The normalized spacial score (nSPS) is 21.5. The Balaban J connectivity index is 1.93. The Morgan fingerprint density at radius 1 is 1.17 bits per heavy atom. The highest BCUT2D eigenvalue weighted by Gasteiger charge is 2.41. The van der Waals surface area contributed by atoms with Crippen LogP contribution in [0.3, 0.4) is 0 Å². The molecule has 3 atom stereocenters. The number of aliphatic hydroxyl groups excluding tert-OH is 1. The Morgan fingerprint density at radius 3 is 2.65 bits per heavy atom. The first-order valence-electron chi connectivity index (χ1n) is 9.26. The zero-order valence-corrected chi connectivity index (χ0v) is 14.8. The zero-order valence-electron chi connectivity index (χ0n) is 14.8. The number of carbonyl (C=O) groups is 1. The second kappa shape index (κ2) is 12.5. The van der Waals surface area contributed by atoms with Gasteiger partial charge in [-0.25, -0.2) is 0 Å². The van der Waals surface area contributed by atoms with E-state index in [-0.39, 0.29) is 24.3 Å². The molecule has 1 fully saturated rings. The lowest BCUT2D eigenvalue weighted by Gasteiger charge is -2.07. The van der Waals surface area contributed by atoms with Crippen LogP contribution in [0, 0.1) is 0 Å². The lowest BCUT2D eigenvalue weighted by molar-refractivity contribution is -0.140. The molecule has 0 unspecified atom stereocenters. The van der Waals surface area contributed by atoms with Crippen LogP contribution in [0.4, 0.5) is 0 Å². The van der Waals surface area contributed by atoms with Crippen LogP contribution in [0.25, 0.3) is 0 Å². The number of allylic oxidation sites excluding steroid dienone is 1. The average Bonchev–Trinajstić information content (AvgIpc) is 3.33. The average molecular weight is 326 g/mol. The van der Waals surface area contributed by atoms with Crippen molar-refractivity contribution in [3.63, 3.8) is 0 Å².